The van der Waals surface area contributed by atoms with Gasteiger partial charge < -0.3 is 14.4 Å². The van der Waals surface area contributed by atoms with Crippen LogP contribution in [0, 0.1) is 0 Å². The molecule has 0 fully saturated rings. The van der Waals surface area contributed by atoms with Crippen molar-refractivity contribution in [2.45, 2.75) is 13.8 Å². The van der Waals surface area contributed by atoms with E-state index in [1.54, 1.807) is 6.21 Å². The van der Waals surface area contributed by atoms with E-state index in [4.69, 9.17) is 37.8 Å². The summed E-state index contributed by atoms with van der Waals surface area (Å²) in [6.45, 7) is 5.15. The molecule has 0 atom stereocenters. The number of benzene rings is 6. The Bertz CT molecular complexity index is 1960. The third-order valence-electron chi connectivity index (χ3n) is 7.84. The minimum atomic E-state index is 0.603. The van der Waals surface area contributed by atoms with Gasteiger partial charge in [-0.25, -0.2) is 5.01 Å². The summed E-state index contributed by atoms with van der Waals surface area (Å²) in [6.07, 6.45) is 5.76. The second-order valence-electron chi connectivity index (χ2n) is 11.2. The largest absolute Gasteiger partial charge is 0.494 e. The number of hydrazone groups is 1. The number of hydrogen-bond acceptors (Lipinski definition) is 5. The first-order valence-electron chi connectivity index (χ1n) is 16.5. The molecule has 6 rings (SSSR count). The average molecular weight is 699 g/mol. The number of hydrogen-bond donors (Lipinski definition) is 0. The number of para-hydroxylation sites is 2. The molecule has 0 amide bonds. The van der Waals surface area contributed by atoms with Crippen LogP contribution in [0.3, 0.4) is 0 Å². The van der Waals surface area contributed by atoms with Gasteiger partial charge in [0.1, 0.15) is 11.5 Å². The SMILES string of the molecule is CCOc1ccc(N(N=Cc2ccc(C=Cc3ccc(N(c4ccccc4)c4ccccc4)cc3Cl)c(Cl)c2)c2ccc(OCC)cc2)cc1. The Morgan fingerprint density at radius 1 is 0.520 bits per heavy atom. The molecule has 0 aromatic heterocycles. The highest BCUT2D eigenvalue weighted by molar-refractivity contribution is 6.33. The van der Waals surface area contributed by atoms with Crippen LogP contribution in [0.4, 0.5) is 28.4 Å². The maximum Gasteiger partial charge on any atom is 0.119 e. The first-order chi connectivity index (χ1) is 24.5. The summed E-state index contributed by atoms with van der Waals surface area (Å²) in [5, 5.41) is 7.97. The van der Waals surface area contributed by atoms with Gasteiger partial charge in [-0.15, -0.1) is 0 Å². The van der Waals surface area contributed by atoms with E-state index in [0.717, 1.165) is 56.6 Å². The third-order valence-corrected chi connectivity index (χ3v) is 8.50. The smallest absolute Gasteiger partial charge is 0.119 e. The van der Waals surface area contributed by atoms with Gasteiger partial charge in [0.2, 0.25) is 0 Å². The van der Waals surface area contributed by atoms with Crippen LogP contribution in [-0.2, 0) is 0 Å². The van der Waals surface area contributed by atoms with Gasteiger partial charge in [0.15, 0.2) is 0 Å². The van der Waals surface area contributed by atoms with Crippen molar-refractivity contribution >= 4 is 70.0 Å². The minimum absolute atomic E-state index is 0.603. The average Bonchev–Trinajstić information content (AvgIpc) is 3.14. The van der Waals surface area contributed by atoms with E-state index in [9.17, 15) is 0 Å². The molecule has 0 N–H and O–H groups in total. The zero-order valence-corrected chi connectivity index (χ0v) is 29.4. The quantitative estimate of drug-likeness (QED) is 0.0684. The first-order valence-corrected chi connectivity index (χ1v) is 17.2. The van der Waals surface area contributed by atoms with Crippen molar-refractivity contribution in [1.82, 2.24) is 0 Å². The molecule has 0 saturated carbocycles. The number of ether oxygens (including phenoxy) is 2. The van der Waals surface area contributed by atoms with E-state index in [1.807, 2.05) is 146 Å². The Balaban J connectivity index is 1.22. The fourth-order valence-corrected chi connectivity index (χ4v) is 5.93. The minimum Gasteiger partial charge on any atom is -0.494 e. The van der Waals surface area contributed by atoms with Gasteiger partial charge in [-0.1, -0.05) is 90.0 Å². The number of anilines is 5. The summed E-state index contributed by atoms with van der Waals surface area (Å²) in [4.78, 5) is 2.18. The van der Waals surface area contributed by atoms with Crippen LogP contribution < -0.4 is 19.4 Å². The molecule has 0 heterocycles. The molecule has 50 heavy (non-hydrogen) atoms. The Kier molecular flexibility index (Phi) is 11.5. The predicted molar refractivity (Wildman–Crippen MR) is 211 cm³/mol. The summed E-state index contributed by atoms with van der Waals surface area (Å²) >= 11 is 13.6. The zero-order valence-electron chi connectivity index (χ0n) is 27.9. The molecular formula is C43H37Cl2N3O2. The highest BCUT2D eigenvalue weighted by Crippen LogP contribution is 2.37. The normalized spacial score (nSPS) is 11.2. The fraction of sp³-hybridized carbons (Fsp3) is 0.0930. The molecule has 0 radical (unpaired) electrons. The maximum atomic E-state index is 6.85. The Morgan fingerprint density at radius 3 is 1.44 bits per heavy atom. The standard InChI is InChI=1S/C43H37Cl2N3O2/c1-3-49-40-25-21-37(22-26-40)48(38-23-27-41(28-24-38)50-4-2)46-31-32-15-16-33(42(44)29-32)17-18-34-19-20-39(30-43(34)45)47(35-11-7-5-8-12-35)36-13-9-6-10-14-36/h5-31H,3-4H2,1-2H3. The van der Waals surface area contributed by atoms with E-state index in [1.165, 1.54) is 0 Å². The number of nitrogens with zero attached hydrogens (tertiary/aromatic N) is 3. The van der Waals surface area contributed by atoms with Crippen LogP contribution >= 0.6 is 23.2 Å². The lowest BCUT2D eigenvalue weighted by Crippen LogP contribution is -2.09. The van der Waals surface area contributed by atoms with Crippen molar-refractivity contribution in [1.29, 1.82) is 0 Å². The number of halogens is 2. The van der Waals surface area contributed by atoms with Gasteiger partial charge in [0.25, 0.3) is 0 Å². The van der Waals surface area contributed by atoms with Gasteiger partial charge in [0.05, 0.1) is 30.8 Å². The van der Waals surface area contributed by atoms with E-state index in [0.29, 0.717) is 23.3 Å². The monoisotopic (exact) mass is 697 g/mol. The highest BCUT2D eigenvalue weighted by atomic mass is 35.5. The van der Waals surface area contributed by atoms with Crippen molar-refractivity contribution in [3.63, 3.8) is 0 Å². The molecule has 250 valence electrons. The third kappa shape index (κ3) is 8.56. The van der Waals surface area contributed by atoms with Crippen LogP contribution in [0.1, 0.15) is 30.5 Å². The van der Waals surface area contributed by atoms with Gasteiger partial charge >= 0.3 is 0 Å². The second-order valence-corrected chi connectivity index (χ2v) is 12.1. The zero-order chi connectivity index (χ0) is 34.7. The molecule has 0 spiro atoms. The Morgan fingerprint density at radius 2 is 0.980 bits per heavy atom. The molecule has 6 aromatic rings. The molecule has 0 aliphatic carbocycles. The summed E-state index contributed by atoms with van der Waals surface area (Å²) in [5.74, 6) is 1.61. The van der Waals surface area contributed by atoms with E-state index < -0.39 is 0 Å². The molecule has 6 aromatic carbocycles. The lowest BCUT2D eigenvalue weighted by atomic mass is 10.1. The van der Waals surface area contributed by atoms with Crippen LogP contribution in [0.25, 0.3) is 12.2 Å². The maximum absolute atomic E-state index is 6.85. The van der Waals surface area contributed by atoms with Gasteiger partial charge in [0, 0.05) is 27.1 Å². The lowest BCUT2D eigenvalue weighted by molar-refractivity contribution is 0.340. The van der Waals surface area contributed by atoms with Crippen molar-refractivity contribution < 1.29 is 9.47 Å². The Labute approximate surface area is 304 Å². The van der Waals surface area contributed by atoms with Gasteiger partial charge in [-0.3, -0.25) is 0 Å². The van der Waals surface area contributed by atoms with Crippen LogP contribution in [0.15, 0.2) is 151 Å². The molecular weight excluding hydrogens is 661 g/mol. The first kappa shape index (κ1) is 34.4. The second kappa shape index (κ2) is 16.8. The fourth-order valence-electron chi connectivity index (χ4n) is 5.44. The highest BCUT2D eigenvalue weighted by Gasteiger charge is 2.14. The summed E-state index contributed by atoms with van der Waals surface area (Å²) in [5.41, 5.74) is 7.46. The van der Waals surface area contributed by atoms with E-state index in [2.05, 4.69) is 35.2 Å². The van der Waals surface area contributed by atoms with Gasteiger partial charge in [-0.2, -0.15) is 5.10 Å². The molecule has 0 aliphatic heterocycles. The summed E-state index contributed by atoms with van der Waals surface area (Å²) in [7, 11) is 0. The van der Waals surface area contributed by atoms with Crippen molar-refractivity contribution in [2.24, 2.45) is 5.10 Å². The molecule has 5 nitrogen and oxygen atoms in total. The molecule has 0 aliphatic rings. The molecule has 7 heteroatoms. The molecule has 0 saturated heterocycles. The van der Waals surface area contributed by atoms with Crippen LogP contribution in [0.5, 0.6) is 11.5 Å². The summed E-state index contributed by atoms with van der Waals surface area (Å²) in [6, 6.07) is 48.2. The van der Waals surface area contributed by atoms with E-state index >= 15 is 0 Å². The topological polar surface area (TPSA) is 37.3 Å². The van der Waals surface area contributed by atoms with Crippen molar-refractivity contribution in [3.05, 3.63) is 172 Å². The molecule has 0 unspecified atom stereocenters. The summed E-state index contributed by atoms with van der Waals surface area (Å²) < 4.78 is 11.3. The van der Waals surface area contributed by atoms with Crippen molar-refractivity contribution in [3.8, 4) is 11.5 Å². The molecule has 0 bridgehead atoms. The lowest BCUT2D eigenvalue weighted by Gasteiger charge is -2.25. The van der Waals surface area contributed by atoms with Crippen LogP contribution in [-0.4, -0.2) is 19.4 Å². The van der Waals surface area contributed by atoms with Crippen molar-refractivity contribution in [2.75, 3.05) is 23.1 Å². The Hall–Kier alpha value is -5.49. The van der Waals surface area contributed by atoms with E-state index in [-0.39, 0.29) is 0 Å². The number of rotatable bonds is 13. The van der Waals surface area contributed by atoms with Crippen LogP contribution in [0.2, 0.25) is 10.0 Å². The van der Waals surface area contributed by atoms with Gasteiger partial charge in [-0.05, 0) is 122 Å². The predicted octanol–water partition coefficient (Wildman–Crippen LogP) is 12.6.